The molecule has 1 aromatic heterocycles. The minimum absolute atomic E-state index is 0.0528. The van der Waals surface area contributed by atoms with Crippen LogP contribution in [0, 0.1) is 5.92 Å². The standard InChI is InChI=1S/C11H15N3O3/c1-14(6-7-2-8(15)3-7)10-5-12-4-9(13-10)11(16)17/h4-5,7-8,15H,2-3,6H2,1H3,(H,16,17). The molecule has 0 spiro atoms. The number of rotatable bonds is 4. The number of aromatic nitrogens is 2. The van der Waals surface area contributed by atoms with Crippen LogP contribution in [-0.2, 0) is 0 Å². The number of carbonyl (C=O) groups is 1. The maximum atomic E-state index is 10.8. The van der Waals surface area contributed by atoms with Gasteiger partial charge >= 0.3 is 5.97 Å². The van der Waals surface area contributed by atoms with E-state index < -0.39 is 5.97 Å². The van der Waals surface area contributed by atoms with Crippen molar-refractivity contribution in [2.24, 2.45) is 5.92 Å². The molecule has 1 heterocycles. The summed E-state index contributed by atoms with van der Waals surface area (Å²) in [7, 11) is 1.85. The van der Waals surface area contributed by atoms with E-state index in [9.17, 15) is 9.90 Å². The number of anilines is 1. The van der Waals surface area contributed by atoms with Gasteiger partial charge in [0.15, 0.2) is 5.69 Å². The molecule has 0 saturated heterocycles. The summed E-state index contributed by atoms with van der Waals surface area (Å²) in [5, 5.41) is 18.0. The van der Waals surface area contributed by atoms with Gasteiger partial charge in [-0.2, -0.15) is 0 Å². The summed E-state index contributed by atoms with van der Waals surface area (Å²) in [5.74, 6) is -0.0802. The molecule has 1 aliphatic rings. The zero-order chi connectivity index (χ0) is 12.4. The molecule has 17 heavy (non-hydrogen) atoms. The molecule has 1 fully saturated rings. The summed E-state index contributed by atoms with van der Waals surface area (Å²) in [6.45, 7) is 0.759. The first-order chi connectivity index (χ1) is 8.06. The molecule has 0 bridgehead atoms. The third-order valence-electron chi connectivity index (χ3n) is 2.97. The number of hydrogen-bond donors (Lipinski definition) is 2. The molecule has 92 valence electrons. The number of aliphatic hydroxyl groups is 1. The lowest BCUT2D eigenvalue weighted by molar-refractivity contribution is 0.0464. The fourth-order valence-electron chi connectivity index (χ4n) is 1.97. The van der Waals surface area contributed by atoms with E-state index >= 15 is 0 Å². The topological polar surface area (TPSA) is 86.5 Å². The van der Waals surface area contributed by atoms with Crippen LogP contribution >= 0.6 is 0 Å². The molecule has 2 N–H and O–H groups in total. The molecular formula is C11H15N3O3. The van der Waals surface area contributed by atoms with Crippen molar-refractivity contribution in [3.63, 3.8) is 0 Å². The first-order valence-corrected chi connectivity index (χ1v) is 5.51. The number of carboxylic acids is 1. The average Bonchev–Trinajstić information content (AvgIpc) is 2.27. The molecular weight excluding hydrogens is 222 g/mol. The summed E-state index contributed by atoms with van der Waals surface area (Å²) >= 11 is 0. The Labute approximate surface area is 98.9 Å². The number of hydrogen-bond acceptors (Lipinski definition) is 5. The van der Waals surface area contributed by atoms with Crippen molar-refractivity contribution in [2.75, 3.05) is 18.5 Å². The Kier molecular flexibility index (Phi) is 3.23. The third kappa shape index (κ3) is 2.71. The number of aromatic carboxylic acids is 1. The Morgan fingerprint density at radius 2 is 2.24 bits per heavy atom. The Hall–Kier alpha value is -1.69. The van der Waals surface area contributed by atoms with E-state index in [0.29, 0.717) is 11.7 Å². The Morgan fingerprint density at radius 3 is 2.82 bits per heavy atom. The van der Waals surface area contributed by atoms with Gasteiger partial charge in [-0.3, -0.25) is 4.98 Å². The molecule has 0 aromatic carbocycles. The summed E-state index contributed by atoms with van der Waals surface area (Å²) in [5.41, 5.74) is -0.0528. The Balaban J connectivity index is 2.00. The average molecular weight is 237 g/mol. The van der Waals surface area contributed by atoms with Gasteiger partial charge in [-0.15, -0.1) is 0 Å². The van der Waals surface area contributed by atoms with Crippen molar-refractivity contribution in [1.29, 1.82) is 0 Å². The smallest absolute Gasteiger partial charge is 0.356 e. The minimum atomic E-state index is -1.08. The lowest BCUT2D eigenvalue weighted by Crippen LogP contribution is -2.37. The highest BCUT2D eigenvalue weighted by Gasteiger charge is 2.28. The number of carboxylic acid groups (broad SMARTS) is 1. The zero-order valence-electron chi connectivity index (χ0n) is 9.58. The van der Waals surface area contributed by atoms with Crippen LogP contribution in [0.15, 0.2) is 12.4 Å². The number of nitrogens with zero attached hydrogens (tertiary/aromatic N) is 3. The van der Waals surface area contributed by atoms with Crippen LogP contribution in [0.2, 0.25) is 0 Å². The quantitative estimate of drug-likeness (QED) is 0.787. The van der Waals surface area contributed by atoms with Gasteiger partial charge in [0.25, 0.3) is 0 Å². The van der Waals surface area contributed by atoms with Crippen molar-refractivity contribution in [3.8, 4) is 0 Å². The Bertz CT molecular complexity index is 418. The highest BCUT2D eigenvalue weighted by molar-refractivity contribution is 5.85. The van der Waals surface area contributed by atoms with E-state index in [4.69, 9.17) is 5.11 Å². The summed E-state index contributed by atoms with van der Waals surface area (Å²) < 4.78 is 0. The summed E-state index contributed by atoms with van der Waals surface area (Å²) in [4.78, 5) is 20.5. The van der Waals surface area contributed by atoms with Gasteiger partial charge in [-0.05, 0) is 18.8 Å². The van der Waals surface area contributed by atoms with Crippen LogP contribution < -0.4 is 4.90 Å². The third-order valence-corrected chi connectivity index (χ3v) is 2.97. The van der Waals surface area contributed by atoms with Crippen LogP contribution in [0.4, 0.5) is 5.82 Å². The second-order valence-corrected chi connectivity index (χ2v) is 4.44. The van der Waals surface area contributed by atoms with Gasteiger partial charge in [0.05, 0.1) is 18.5 Å². The van der Waals surface area contributed by atoms with Crippen molar-refractivity contribution in [3.05, 3.63) is 18.1 Å². The van der Waals surface area contributed by atoms with Crippen LogP contribution in [0.5, 0.6) is 0 Å². The highest BCUT2D eigenvalue weighted by atomic mass is 16.4. The summed E-state index contributed by atoms with van der Waals surface area (Å²) in [6.07, 6.45) is 4.20. The normalized spacial score (nSPS) is 22.9. The van der Waals surface area contributed by atoms with Crippen molar-refractivity contribution in [2.45, 2.75) is 18.9 Å². The molecule has 1 saturated carbocycles. The van der Waals surface area contributed by atoms with Crippen LogP contribution in [-0.4, -0.2) is 45.8 Å². The molecule has 1 aliphatic carbocycles. The molecule has 0 amide bonds. The molecule has 6 nitrogen and oxygen atoms in total. The van der Waals surface area contributed by atoms with Crippen LogP contribution in [0.3, 0.4) is 0 Å². The lowest BCUT2D eigenvalue weighted by Gasteiger charge is -2.34. The van der Waals surface area contributed by atoms with E-state index in [-0.39, 0.29) is 11.8 Å². The molecule has 1 aromatic rings. The van der Waals surface area contributed by atoms with Gasteiger partial charge in [0.2, 0.25) is 0 Å². The van der Waals surface area contributed by atoms with Crippen LogP contribution in [0.1, 0.15) is 23.3 Å². The second-order valence-electron chi connectivity index (χ2n) is 4.44. The van der Waals surface area contributed by atoms with Gasteiger partial charge in [0.1, 0.15) is 5.82 Å². The highest BCUT2D eigenvalue weighted by Crippen LogP contribution is 2.28. The summed E-state index contributed by atoms with van der Waals surface area (Å²) in [6, 6.07) is 0. The first-order valence-electron chi connectivity index (χ1n) is 5.51. The predicted molar refractivity (Wildman–Crippen MR) is 61.0 cm³/mol. The van der Waals surface area contributed by atoms with E-state index in [1.807, 2.05) is 11.9 Å². The molecule has 0 atom stereocenters. The SMILES string of the molecule is CN(CC1CC(O)C1)c1cncc(C(=O)O)n1. The predicted octanol–water partition coefficient (Wildman–Crippen LogP) is 0.382. The molecule has 0 radical (unpaired) electrons. The molecule has 0 unspecified atom stereocenters. The van der Waals surface area contributed by atoms with Gasteiger partial charge in [0, 0.05) is 13.6 Å². The van der Waals surface area contributed by atoms with E-state index in [0.717, 1.165) is 19.4 Å². The van der Waals surface area contributed by atoms with E-state index in [1.165, 1.54) is 6.20 Å². The fraction of sp³-hybridized carbons (Fsp3) is 0.545. The first kappa shape index (κ1) is 11.8. The molecule has 6 heteroatoms. The molecule has 2 rings (SSSR count). The van der Waals surface area contributed by atoms with Crippen molar-refractivity contribution in [1.82, 2.24) is 9.97 Å². The number of aliphatic hydroxyl groups excluding tert-OH is 1. The zero-order valence-corrected chi connectivity index (χ0v) is 9.58. The van der Waals surface area contributed by atoms with Crippen molar-refractivity contribution >= 4 is 11.8 Å². The fourth-order valence-corrected chi connectivity index (χ4v) is 1.97. The van der Waals surface area contributed by atoms with Crippen LogP contribution in [0.25, 0.3) is 0 Å². The van der Waals surface area contributed by atoms with E-state index in [2.05, 4.69) is 9.97 Å². The van der Waals surface area contributed by atoms with Gasteiger partial charge in [-0.1, -0.05) is 0 Å². The maximum Gasteiger partial charge on any atom is 0.356 e. The second kappa shape index (κ2) is 4.67. The lowest BCUT2D eigenvalue weighted by atomic mass is 9.82. The minimum Gasteiger partial charge on any atom is -0.476 e. The van der Waals surface area contributed by atoms with Crippen molar-refractivity contribution < 1.29 is 15.0 Å². The van der Waals surface area contributed by atoms with E-state index in [1.54, 1.807) is 6.20 Å². The molecule has 0 aliphatic heterocycles. The monoisotopic (exact) mass is 237 g/mol. The van der Waals surface area contributed by atoms with Gasteiger partial charge in [-0.25, -0.2) is 9.78 Å². The Morgan fingerprint density at radius 1 is 1.53 bits per heavy atom. The van der Waals surface area contributed by atoms with Gasteiger partial charge < -0.3 is 15.1 Å². The largest absolute Gasteiger partial charge is 0.476 e. The maximum absolute atomic E-state index is 10.8.